The van der Waals surface area contributed by atoms with E-state index in [1.807, 2.05) is 36.6 Å². The van der Waals surface area contributed by atoms with Gasteiger partial charge in [-0.25, -0.2) is 4.79 Å². The second kappa shape index (κ2) is 10.3. The number of esters is 1. The number of Topliss-reactive ketones (excluding diaryl/α,β-unsaturated/α-hetero) is 1. The van der Waals surface area contributed by atoms with E-state index in [1.165, 1.54) is 12.1 Å². The van der Waals surface area contributed by atoms with E-state index in [0.29, 0.717) is 34.9 Å². The minimum Gasteiger partial charge on any atom is -0.493 e. The number of carbonyl (C=O) groups excluding carboxylic acids is 2. The van der Waals surface area contributed by atoms with E-state index in [9.17, 15) is 19.7 Å². The molecule has 0 radical (unpaired) electrons. The highest BCUT2D eigenvalue weighted by atomic mass is 32.1. The Hall–Kier alpha value is -3.66. The molecule has 0 atom stereocenters. The molecule has 3 rings (SSSR count). The first-order chi connectivity index (χ1) is 15.7. The number of hydrogen-bond donors (Lipinski definition) is 0. The van der Waals surface area contributed by atoms with Crippen LogP contribution in [-0.2, 0) is 17.7 Å². The summed E-state index contributed by atoms with van der Waals surface area (Å²) in [5.74, 6) is 0.224. The molecule has 0 aliphatic carbocycles. The molecule has 0 bridgehead atoms. The van der Waals surface area contributed by atoms with Gasteiger partial charge in [-0.05, 0) is 50.1 Å². The second-order valence-electron chi connectivity index (χ2n) is 7.27. The summed E-state index contributed by atoms with van der Waals surface area (Å²) in [7, 11) is 3.18. The number of aryl methyl sites for hydroxylation is 2. The molecule has 2 heterocycles. The molecule has 0 aliphatic heterocycles. The average molecular weight is 473 g/mol. The smallest absolute Gasteiger partial charge is 0.349 e. The third-order valence-electron chi connectivity index (χ3n) is 5.25. The number of nitrogens with zero attached hydrogens (tertiary/aromatic N) is 2. The van der Waals surface area contributed by atoms with Crippen molar-refractivity contribution in [3.05, 3.63) is 73.9 Å². The van der Waals surface area contributed by atoms with Crippen LogP contribution >= 0.6 is 11.3 Å². The molecule has 10 heteroatoms. The number of carbonyl (C=O) groups is 2. The van der Waals surface area contributed by atoms with Gasteiger partial charge in [-0.1, -0.05) is 17.4 Å². The summed E-state index contributed by atoms with van der Waals surface area (Å²) in [6, 6.07) is 10.1. The fourth-order valence-electron chi connectivity index (χ4n) is 3.52. The number of benzene rings is 1. The van der Waals surface area contributed by atoms with Gasteiger partial charge in [-0.15, -0.1) is 0 Å². The summed E-state index contributed by atoms with van der Waals surface area (Å²) in [5.41, 5.74) is 3.23. The van der Waals surface area contributed by atoms with Gasteiger partial charge in [0.05, 0.1) is 19.1 Å². The Morgan fingerprint density at radius 3 is 2.42 bits per heavy atom. The standard InChI is InChI=1S/C23H24N2O7S/c1-14-11-17(18(26)13-32-23(27)21-7-8-22(33-21)25(28)29)15(2)24(14)10-9-16-5-6-19(30-3)20(12-16)31-4/h5-8,11-12H,9-10,13H2,1-4H3. The molecule has 0 unspecified atom stereocenters. The molecule has 0 saturated carbocycles. The lowest BCUT2D eigenvalue weighted by Crippen LogP contribution is -2.14. The van der Waals surface area contributed by atoms with Crippen molar-refractivity contribution in [1.29, 1.82) is 0 Å². The van der Waals surface area contributed by atoms with Gasteiger partial charge in [0.25, 0.3) is 0 Å². The molecule has 0 saturated heterocycles. The van der Waals surface area contributed by atoms with E-state index >= 15 is 0 Å². The minimum atomic E-state index is -0.760. The van der Waals surface area contributed by atoms with Gasteiger partial charge in [0.1, 0.15) is 4.88 Å². The Kier molecular flexibility index (Phi) is 7.49. The van der Waals surface area contributed by atoms with E-state index < -0.39 is 17.5 Å². The molecule has 0 fully saturated rings. The van der Waals surface area contributed by atoms with Crippen LogP contribution < -0.4 is 9.47 Å². The Morgan fingerprint density at radius 2 is 1.79 bits per heavy atom. The zero-order valence-corrected chi connectivity index (χ0v) is 19.6. The maximum Gasteiger partial charge on any atom is 0.349 e. The Bertz CT molecular complexity index is 1200. The number of methoxy groups -OCH3 is 2. The van der Waals surface area contributed by atoms with Crippen molar-refractivity contribution in [2.75, 3.05) is 20.8 Å². The molecule has 9 nitrogen and oxygen atoms in total. The first-order valence-electron chi connectivity index (χ1n) is 10.1. The predicted molar refractivity (Wildman–Crippen MR) is 123 cm³/mol. The molecular formula is C23H24N2O7S. The first kappa shape index (κ1) is 24.0. The minimum absolute atomic E-state index is 0.0786. The number of rotatable bonds is 10. The number of nitro groups is 1. The Morgan fingerprint density at radius 1 is 1.06 bits per heavy atom. The summed E-state index contributed by atoms with van der Waals surface area (Å²) in [4.78, 5) is 35.1. The van der Waals surface area contributed by atoms with Crippen LogP contribution in [0.3, 0.4) is 0 Å². The highest BCUT2D eigenvalue weighted by Gasteiger charge is 2.20. The van der Waals surface area contributed by atoms with Crippen molar-refractivity contribution in [2.24, 2.45) is 0 Å². The van der Waals surface area contributed by atoms with Crippen LogP contribution in [0.25, 0.3) is 0 Å². The van der Waals surface area contributed by atoms with Crippen molar-refractivity contribution in [3.8, 4) is 11.5 Å². The van der Waals surface area contributed by atoms with Crippen molar-refractivity contribution >= 4 is 28.1 Å². The zero-order valence-electron chi connectivity index (χ0n) is 18.7. The Labute approximate surface area is 194 Å². The fourth-order valence-corrected chi connectivity index (χ4v) is 4.23. The van der Waals surface area contributed by atoms with Crippen LogP contribution in [0.5, 0.6) is 11.5 Å². The van der Waals surface area contributed by atoms with Gasteiger partial charge in [0.2, 0.25) is 5.78 Å². The van der Waals surface area contributed by atoms with Gasteiger partial charge >= 0.3 is 11.0 Å². The SMILES string of the molecule is COc1ccc(CCn2c(C)cc(C(=O)COC(=O)c3ccc([N+](=O)[O-])s3)c2C)cc1OC. The quantitative estimate of drug-likeness (QED) is 0.186. The molecule has 0 aliphatic rings. The van der Waals surface area contributed by atoms with Crippen LogP contribution in [0, 0.1) is 24.0 Å². The van der Waals surface area contributed by atoms with Crippen LogP contribution in [0.1, 0.15) is 37.0 Å². The summed E-state index contributed by atoms with van der Waals surface area (Å²) in [6.07, 6.45) is 0.719. The van der Waals surface area contributed by atoms with Gasteiger partial charge in [0, 0.05) is 29.6 Å². The third-order valence-corrected chi connectivity index (χ3v) is 6.27. The molecule has 2 aromatic heterocycles. The van der Waals surface area contributed by atoms with Crippen molar-refractivity contribution in [2.45, 2.75) is 26.8 Å². The molecular weight excluding hydrogens is 448 g/mol. The summed E-state index contributed by atoms with van der Waals surface area (Å²) < 4.78 is 17.7. The zero-order chi connectivity index (χ0) is 24.1. The highest BCUT2D eigenvalue weighted by Crippen LogP contribution is 2.28. The predicted octanol–water partition coefficient (Wildman–Crippen LogP) is 4.37. The first-order valence-corrected chi connectivity index (χ1v) is 10.9. The molecule has 33 heavy (non-hydrogen) atoms. The molecule has 0 N–H and O–H groups in total. The maximum atomic E-state index is 12.7. The van der Waals surface area contributed by atoms with Crippen LogP contribution in [0.15, 0.2) is 36.4 Å². The van der Waals surface area contributed by atoms with E-state index in [2.05, 4.69) is 0 Å². The molecule has 1 aromatic carbocycles. The van der Waals surface area contributed by atoms with Crippen LogP contribution in [0.4, 0.5) is 5.00 Å². The second-order valence-corrected chi connectivity index (χ2v) is 8.33. The van der Waals surface area contributed by atoms with Gasteiger partial charge in [-0.2, -0.15) is 0 Å². The van der Waals surface area contributed by atoms with Crippen LogP contribution in [0.2, 0.25) is 0 Å². The molecule has 174 valence electrons. The maximum absolute atomic E-state index is 12.7. The summed E-state index contributed by atoms with van der Waals surface area (Å²) in [5, 5.41) is 10.6. The van der Waals surface area contributed by atoms with Gasteiger partial charge in [0.15, 0.2) is 18.1 Å². The monoisotopic (exact) mass is 472 g/mol. The Balaban J connectivity index is 1.65. The number of ketones is 1. The van der Waals surface area contributed by atoms with E-state index in [1.54, 1.807) is 20.3 Å². The summed E-state index contributed by atoms with van der Waals surface area (Å²) in [6.45, 7) is 3.97. The van der Waals surface area contributed by atoms with Gasteiger partial charge in [-0.3, -0.25) is 14.9 Å². The molecule has 0 amide bonds. The number of ether oxygens (including phenoxy) is 3. The van der Waals surface area contributed by atoms with E-state index in [4.69, 9.17) is 14.2 Å². The topological polar surface area (TPSA) is 110 Å². The van der Waals surface area contributed by atoms with E-state index in [0.717, 1.165) is 23.4 Å². The number of hydrogen-bond acceptors (Lipinski definition) is 8. The normalized spacial score (nSPS) is 10.7. The van der Waals surface area contributed by atoms with Crippen molar-refractivity contribution < 1.29 is 28.7 Å². The lowest BCUT2D eigenvalue weighted by atomic mass is 10.1. The van der Waals surface area contributed by atoms with Crippen molar-refractivity contribution in [1.82, 2.24) is 4.57 Å². The van der Waals surface area contributed by atoms with Crippen molar-refractivity contribution in [3.63, 3.8) is 0 Å². The lowest BCUT2D eigenvalue weighted by molar-refractivity contribution is -0.380. The average Bonchev–Trinajstić information content (AvgIpc) is 3.41. The van der Waals surface area contributed by atoms with Crippen LogP contribution in [-0.4, -0.2) is 42.1 Å². The molecule has 3 aromatic rings. The lowest BCUT2D eigenvalue weighted by Gasteiger charge is -2.12. The largest absolute Gasteiger partial charge is 0.493 e. The summed E-state index contributed by atoms with van der Waals surface area (Å²) >= 11 is 0.710. The number of thiophene rings is 1. The third kappa shape index (κ3) is 5.40. The van der Waals surface area contributed by atoms with E-state index in [-0.39, 0.29) is 15.7 Å². The van der Waals surface area contributed by atoms with Gasteiger partial charge < -0.3 is 18.8 Å². The number of aromatic nitrogens is 1. The fraction of sp³-hybridized carbons (Fsp3) is 0.304. The molecule has 0 spiro atoms. The highest BCUT2D eigenvalue weighted by molar-refractivity contribution is 7.17.